The molecule has 1 atom stereocenters. The van der Waals surface area contributed by atoms with Gasteiger partial charge in [-0.15, -0.1) is 0 Å². The minimum absolute atomic E-state index is 0.0214. The van der Waals surface area contributed by atoms with E-state index in [1.165, 1.54) is 24.3 Å². The van der Waals surface area contributed by atoms with Crippen LogP contribution in [0.1, 0.15) is 18.5 Å². The van der Waals surface area contributed by atoms with Crippen molar-refractivity contribution in [2.45, 2.75) is 13.0 Å². The number of hydrogen-bond acceptors (Lipinski definition) is 4. The lowest BCUT2D eigenvalue weighted by molar-refractivity contribution is -0.384. The molecule has 0 amide bonds. The lowest BCUT2D eigenvalue weighted by atomic mass is 10.1. The maximum absolute atomic E-state index is 13.1. The molecule has 0 saturated carbocycles. The summed E-state index contributed by atoms with van der Waals surface area (Å²) in [5.74, 6) is -0.0813. The number of hydrogen-bond donors (Lipinski definition) is 1. The van der Waals surface area contributed by atoms with Gasteiger partial charge in [0.15, 0.2) is 0 Å². The van der Waals surface area contributed by atoms with E-state index in [4.69, 9.17) is 11.6 Å². The van der Waals surface area contributed by atoms with Gasteiger partial charge in [-0.25, -0.2) is 9.37 Å². The van der Waals surface area contributed by atoms with Crippen LogP contribution in [0.3, 0.4) is 0 Å². The van der Waals surface area contributed by atoms with Crippen LogP contribution in [0.4, 0.5) is 15.9 Å². The van der Waals surface area contributed by atoms with Crippen molar-refractivity contribution < 1.29 is 9.31 Å². The van der Waals surface area contributed by atoms with Gasteiger partial charge in [0.25, 0.3) is 5.69 Å². The third-order valence-corrected chi connectivity index (χ3v) is 2.90. The Morgan fingerprint density at radius 2 is 2.15 bits per heavy atom. The molecule has 0 radical (unpaired) electrons. The van der Waals surface area contributed by atoms with E-state index in [-0.39, 0.29) is 28.5 Å². The van der Waals surface area contributed by atoms with E-state index in [0.717, 1.165) is 0 Å². The molecular formula is C13H11ClFN3O2. The molecule has 104 valence electrons. The van der Waals surface area contributed by atoms with Crippen LogP contribution in [0.2, 0.25) is 5.15 Å². The summed E-state index contributed by atoms with van der Waals surface area (Å²) in [6.45, 7) is 1.79. The quantitative estimate of drug-likeness (QED) is 0.527. The summed E-state index contributed by atoms with van der Waals surface area (Å²) in [6, 6.07) is 8.25. The van der Waals surface area contributed by atoms with Crippen LogP contribution in [0.15, 0.2) is 36.4 Å². The number of anilines is 1. The number of halogens is 2. The first kappa shape index (κ1) is 14.2. The molecule has 1 N–H and O–H groups in total. The molecule has 0 aliphatic carbocycles. The number of aromatic nitrogens is 1. The average Bonchev–Trinajstić information content (AvgIpc) is 2.37. The van der Waals surface area contributed by atoms with Gasteiger partial charge in [0.05, 0.1) is 23.1 Å². The van der Waals surface area contributed by atoms with Gasteiger partial charge in [-0.3, -0.25) is 10.1 Å². The van der Waals surface area contributed by atoms with Gasteiger partial charge in [-0.05, 0) is 24.6 Å². The van der Waals surface area contributed by atoms with Crippen LogP contribution in [0, 0.1) is 15.9 Å². The molecule has 20 heavy (non-hydrogen) atoms. The third-order valence-electron chi connectivity index (χ3n) is 2.70. The van der Waals surface area contributed by atoms with E-state index < -0.39 is 4.92 Å². The summed E-state index contributed by atoms with van der Waals surface area (Å²) >= 11 is 5.73. The molecule has 0 saturated heterocycles. The normalized spacial score (nSPS) is 11.9. The number of pyridine rings is 1. The number of nitrogens with one attached hydrogen (secondary N) is 1. The van der Waals surface area contributed by atoms with Crippen LogP contribution in [-0.4, -0.2) is 9.91 Å². The maximum atomic E-state index is 13.1. The first-order valence-electron chi connectivity index (χ1n) is 5.79. The van der Waals surface area contributed by atoms with Crippen molar-refractivity contribution in [3.8, 4) is 0 Å². The van der Waals surface area contributed by atoms with Crippen molar-refractivity contribution in [3.63, 3.8) is 0 Å². The minimum Gasteiger partial charge on any atom is -0.363 e. The molecule has 1 aromatic carbocycles. The Labute approximate surface area is 119 Å². The third kappa shape index (κ3) is 3.42. The monoisotopic (exact) mass is 295 g/mol. The predicted octanol–water partition coefficient (Wildman–Crippen LogP) is 3.96. The molecule has 1 unspecified atom stereocenters. The molecule has 0 aliphatic heterocycles. The maximum Gasteiger partial charge on any atom is 0.276 e. The Morgan fingerprint density at radius 3 is 2.80 bits per heavy atom. The highest BCUT2D eigenvalue weighted by molar-refractivity contribution is 6.29. The topological polar surface area (TPSA) is 68.1 Å². The van der Waals surface area contributed by atoms with Crippen LogP contribution in [0.5, 0.6) is 0 Å². The molecule has 0 spiro atoms. The fraction of sp³-hybridized carbons (Fsp3) is 0.154. The number of nitro groups is 1. The zero-order chi connectivity index (χ0) is 14.7. The van der Waals surface area contributed by atoms with Crippen LogP contribution in [0.25, 0.3) is 0 Å². The second-order valence-electron chi connectivity index (χ2n) is 4.21. The lowest BCUT2D eigenvalue weighted by Crippen LogP contribution is -2.08. The van der Waals surface area contributed by atoms with E-state index >= 15 is 0 Å². The van der Waals surface area contributed by atoms with E-state index in [1.54, 1.807) is 19.1 Å². The van der Waals surface area contributed by atoms with Gasteiger partial charge in [0.1, 0.15) is 16.8 Å². The Morgan fingerprint density at radius 1 is 1.40 bits per heavy atom. The molecule has 1 heterocycles. The second kappa shape index (κ2) is 5.83. The molecule has 1 aromatic heterocycles. The summed E-state index contributed by atoms with van der Waals surface area (Å²) in [6.07, 6.45) is 0. The molecule has 5 nitrogen and oxygen atoms in total. The lowest BCUT2D eigenvalue weighted by Gasteiger charge is -2.15. The molecule has 2 rings (SSSR count). The SMILES string of the molecule is CC(Nc1cc([N+](=O)[O-])cc(Cl)n1)c1cccc(F)c1. The second-order valence-corrected chi connectivity index (χ2v) is 4.60. The molecule has 2 aromatic rings. The first-order valence-corrected chi connectivity index (χ1v) is 6.17. The van der Waals surface area contributed by atoms with E-state index in [0.29, 0.717) is 5.56 Å². The summed E-state index contributed by atoms with van der Waals surface area (Å²) in [5.41, 5.74) is 0.549. The van der Waals surface area contributed by atoms with Crippen molar-refractivity contribution in [3.05, 3.63) is 63.0 Å². The largest absolute Gasteiger partial charge is 0.363 e. The smallest absolute Gasteiger partial charge is 0.276 e. The molecule has 7 heteroatoms. The Kier molecular flexibility index (Phi) is 4.14. The summed E-state index contributed by atoms with van der Waals surface area (Å²) in [7, 11) is 0. The van der Waals surface area contributed by atoms with Crippen molar-refractivity contribution in [2.24, 2.45) is 0 Å². The highest BCUT2D eigenvalue weighted by Crippen LogP contribution is 2.24. The van der Waals surface area contributed by atoms with Crippen molar-refractivity contribution in [2.75, 3.05) is 5.32 Å². The number of rotatable bonds is 4. The average molecular weight is 296 g/mol. The first-order chi connectivity index (χ1) is 9.45. The molecule has 0 fully saturated rings. The zero-order valence-corrected chi connectivity index (χ0v) is 11.3. The van der Waals surface area contributed by atoms with E-state index in [2.05, 4.69) is 10.3 Å². The van der Waals surface area contributed by atoms with Gasteiger partial charge in [0, 0.05) is 0 Å². The van der Waals surface area contributed by atoms with Gasteiger partial charge >= 0.3 is 0 Å². The molecule has 0 bridgehead atoms. The summed E-state index contributed by atoms with van der Waals surface area (Å²) in [5, 5.41) is 13.7. The van der Waals surface area contributed by atoms with Crippen molar-refractivity contribution >= 4 is 23.1 Å². The summed E-state index contributed by atoms with van der Waals surface area (Å²) in [4.78, 5) is 14.2. The highest BCUT2D eigenvalue weighted by Gasteiger charge is 2.13. The Bertz CT molecular complexity index is 651. The van der Waals surface area contributed by atoms with Crippen molar-refractivity contribution in [1.82, 2.24) is 4.98 Å². The van der Waals surface area contributed by atoms with Crippen LogP contribution < -0.4 is 5.32 Å². The van der Waals surface area contributed by atoms with Gasteiger partial charge in [-0.1, -0.05) is 23.7 Å². The fourth-order valence-corrected chi connectivity index (χ4v) is 1.95. The van der Waals surface area contributed by atoms with Crippen LogP contribution in [-0.2, 0) is 0 Å². The minimum atomic E-state index is -0.550. The van der Waals surface area contributed by atoms with Gasteiger partial charge < -0.3 is 5.32 Å². The number of nitrogens with zero attached hydrogens (tertiary/aromatic N) is 2. The van der Waals surface area contributed by atoms with Crippen LogP contribution >= 0.6 is 11.6 Å². The standard InChI is InChI=1S/C13H11ClFN3O2/c1-8(9-3-2-4-10(15)5-9)16-13-7-11(18(19)20)6-12(14)17-13/h2-8H,1H3,(H,16,17). The molecule has 0 aliphatic rings. The Balaban J connectivity index is 2.23. The van der Waals surface area contributed by atoms with E-state index in [1.807, 2.05) is 0 Å². The number of benzene rings is 1. The van der Waals surface area contributed by atoms with Gasteiger partial charge in [-0.2, -0.15) is 0 Å². The Hall–Kier alpha value is -2.21. The van der Waals surface area contributed by atoms with Crippen molar-refractivity contribution in [1.29, 1.82) is 0 Å². The zero-order valence-electron chi connectivity index (χ0n) is 10.5. The predicted molar refractivity (Wildman–Crippen MR) is 74.3 cm³/mol. The van der Waals surface area contributed by atoms with Gasteiger partial charge in [0.2, 0.25) is 0 Å². The molecular weight excluding hydrogens is 285 g/mol. The summed E-state index contributed by atoms with van der Waals surface area (Å²) < 4.78 is 13.1. The fourth-order valence-electron chi connectivity index (χ4n) is 1.74. The van der Waals surface area contributed by atoms with E-state index in [9.17, 15) is 14.5 Å². The highest BCUT2D eigenvalue weighted by atomic mass is 35.5.